The molecule has 1 aliphatic heterocycles. The number of carbonyl (C=O) groups is 2. The van der Waals surface area contributed by atoms with Gasteiger partial charge in [-0.3, -0.25) is 14.5 Å². The van der Waals surface area contributed by atoms with E-state index in [9.17, 15) is 9.59 Å². The molecule has 0 spiro atoms. The number of fused-ring (bicyclic) bond motifs is 1. The average Bonchev–Trinajstić information content (AvgIpc) is 3.61. The number of benzene rings is 3. The van der Waals surface area contributed by atoms with Crippen molar-refractivity contribution in [3.63, 3.8) is 0 Å². The summed E-state index contributed by atoms with van der Waals surface area (Å²) in [4.78, 5) is 29.1. The van der Waals surface area contributed by atoms with E-state index in [1.54, 1.807) is 18.2 Å². The van der Waals surface area contributed by atoms with Gasteiger partial charge >= 0.3 is 0 Å². The summed E-state index contributed by atoms with van der Waals surface area (Å²) >= 11 is 0. The summed E-state index contributed by atoms with van der Waals surface area (Å²) in [7, 11) is 0. The summed E-state index contributed by atoms with van der Waals surface area (Å²) < 4.78 is 22.4. The normalized spacial score (nSPS) is 15.9. The molecule has 202 valence electrons. The van der Waals surface area contributed by atoms with Crippen molar-refractivity contribution in [2.24, 2.45) is 0 Å². The first-order valence-corrected chi connectivity index (χ1v) is 13.3. The fraction of sp³-hybridized carbons (Fsp3) is 0.333. The van der Waals surface area contributed by atoms with Gasteiger partial charge in [0.2, 0.25) is 11.8 Å². The van der Waals surface area contributed by atoms with Crippen LogP contribution in [0.5, 0.6) is 0 Å². The minimum Gasteiger partial charge on any atom is -0.376 e. The molecule has 5 rings (SSSR count). The lowest BCUT2D eigenvalue weighted by Gasteiger charge is -2.32. The van der Waals surface area contributed by atoms with Crippen LogP contribution in [0.1, 0.15) is 49.8 Å². The van der Waals surface area contributed by atoms with E-state index in [4.69, 9.17) is 4.74 Å². The first kappa shape index (κ1) is 26.5. The van der Waals surface area contributed by atoms with Crippen LogP contribution in [0, 0.1) is 5.82 Å². The Hall–Kier alpha value is -4.11. The molecule has 39 heavy (non-hydrogen) atoms. The van der Waals surface area contributed by atoms with E-state index in [0.29, 0.717) is 29.7 Å². The minimum absolute atomic E-state index is 0.0112. The van der Waals surface area contributed by atoms with Crippen LogP contribution in [0.4, 0.5) is 10.1 Å². The lowest BCUT2D eigenvalue weighted by molar-refractivity contribution is -0.127. The highest BCUT2D eigenvalue weighted by atomic mass is 19.1. The third-order valence-corrected chi connectivity index (χ3v) is 7.04. The second-order valence-corrected chi connectivity index (χ2v) is 10.1. The van der Waals surface area contributed by atoms with Crippen LogP contribution in [0.3, 0.4) is 0 Å². The van der Waals surface area contributed by atoms with Gasteiger partial charge < -0.3 is 10.1 Å². The summed E-state index contributed by atoms with van der Waals surface area (Å²) in [5, 5.41) is 11.2. The zero-order valence-electron chi connectivity index (χ0n) is 22.1. The molecule has 0 saturated carbocycles. The van der Waals surface area contributed by atoms with Gasteiger partial charge in [0.15, 0.2) is 0 Å². The molecule has 4 aromatic rings. The van der Waals surface area contributed by atoms with Crippen molar-refractivity contribution >= 4 is 28.5 Å². The number of hydrogen-bond donors (Lipinski definition) is 1. The first-order valence-electron chi connectivity index (χ1n) is 13.3. The Labute approximate surface area is 226 Å². The van der Waals surface area contributed by atoms with Crippen molar-refractivity contribution in [3.05, 3.63) is 89.7 Å². The van der Waals surface area contributed by atoms with Gasteiger partial charge in [0, 0.05) is 13.2 Å². The quantitative estimate of drug-likeness (QED) is 0.338. The third-order valence-electron chi connectivity index (χ3n) is 7.04. The predicted molar refractivity (Wildman–Crippen MR) is 147 cm³/mol. The number of para-hydroxylation sites is 2. The number of rotatable bonds is 9. The number of aromatic nitrogens is 3. The molecule has 0 radical (unpaired) electrons. The number of anilines is 1. The van der Waals surface area contributed by atoms with E-state index in [0.717, 1.165) is 18.4 Å². The zero-order valence-corrected chi connectivity index (χ0v) is 22.1. The van der Waals surface area contributed by atoms with Crippen LogP contribution >= 0.6 is 0 Å². The van der Waals surface area contributed by atoms with Gasteiger partial charge in [-0.15, -0.1) is 5.10 Å². The standard InChI is InChI=1S/C30H32FN5O3/c1-20(2)21-13-15-22(16-14-21)29(30(38)32-18-23-8-7-17-39-23)36(26-11-5-3-9-24(26)31)28(37)19-35-27-12-6-4-10-25(27)33-34-35/h3-6,9-16,20,23,29H,7-8,17-19H2,1-2H3,(H,32,38). The van der Waals surface area contributed by atoms with Crippen molar-refractivity contribution in [1.82, 2.24) is 20.3 Å². The Kier molecular flexibility index (Phi) is 7.97. The zero-order chi connectivity index (χ0) is 27.4. The molecule has 2 heterocycles. The highest BCUT2D eigenvalue weighted by Crippen LogP contribution is 2.31. The summed E-state index contributed by atoms with van der Waals surface area (Å²) in [5.41, 5.74) is 2.98. The van der Waals surface area contributed by atoms with Crippen molar-refractivity contribution in [2.75, 3.05) is 18.1 Å². The molecule has 1 aromatic heterocycles. The average molecular weight is 530 g/mol. The Morgan fingerprint density at radius 2 is 1.77 bits per heavy atom. The summed E-state index contributed by atoms with van der Waals surface area (Å²) in [5.74, 6) is -1.23. The second-order valence-electron chi connectivity index (χ2n) is 10.1. The first-order chi connectivity index (χ1) is 18.9. The van der Waals surface area contributed by atoms with Gasteiger partial charge in [0.05, 0.1) is 17.3 Å². The van der Waals surface area contributed by atoms with Crippen LogP contribution in [0.2, 0.25) is 0 Å². The third kappa shape index (κ3) is 5.83. The lowest BCUT2D eigenvalue weighted by Crippen LogP contribution is -2.47. The van der Waals surface area contributed by atoms with Crippen LogP contribution in [0.15, 0.2) is 72.8 Å². The minimum atomic E-state index is -1.12. The number of amides is 2. The summed E-state index contributed by atoms with van der Waals surface area (Å²) in [6.45, 7) is 4.91. The molecule has 8 nitrogen and oxygen atoms in total. The van der Waals surface area contributed by atoms with Gasteiger partial charge in [-0.05, 0) is 54.2 Å². The van der Waals surface area contributed by atoms with Gasteiger partial charge in [0.25, 0.3) is 0 Å². The number of halogens is 1. The molecular weight excluding hydrogens is 497 g/mol. The molecule has 1 N–H and O–H groups in total. The molecule has 2 atom stereocenters. The Morgan fingerprint density at radius 3 is 2.49 bits per heavy atom. The van der Waals surface area contributed by atoms with E-state index >= 15 is 4.39 Å². The second kappa shape index (κ2) is 11.7. The number of hydrogen-bond acceptors (Lipinski definition) is 5. The van der Waals surface area contributed by atoms with Gasteiger partial charge in [-0.2, -0.15) is 0 Å². The van der Waals surface area contributed by atoms with Crippen molar-refractivity contribution in [2.45, 2.75) is 51.3 Å². The van der Waals surface area contributed by atoms with Crippen LogP contribution in [-0.2, 0) is 20.9 Å². The molecule has 9 heteroatoms. The number of ether oxygens (including phenoxy) is 1. The lowest BCUT2D eigenvalue weighted by atomic mass is 9.97. The molecular formula is C30H32FN5O3. The summed E-state index contributed by atoms with van der Waals surface area (Å²) in [6.07, 6.45) is 1.70. The molecule has 1 saturated heterocycles. The van der Waals surface area contributed by atoms with E-state index in [2.05, 4.69) is 29.5 Å². The Morgan fingerprint density at radius 1 is 1.05 bits per heavy atom. The number of carbonyl (C=O) groups excluding carboxylic acids is 2. The van der Waals surface area contributed by atoms with Crippen LogP contribution in [0.25, 0.3) is 11.0 Å². The fourth-order valence-corrected chi connectivity index (χ4v) is 4.90. The molecule has 1 aliphatic rings. The van der Waals surface area contributed by atoms with E-state index < -0.39 is 23.7 Å². The molecule has 2 unspecified atom stereocenters. The predicted octanol–water partition coefficient (Wildman–Crippen LogP) is 4.76. The fourth-order valence-electron chi connectivity index (χ4n) is 4.90. The topological polar surface area (TPSA) is 89.4 Å². The maximum atomic E-state index is 15.3. The monoisotopic (exact) mass is 529 g/mol. The molecule has 3 aromatic carbocycles. The molecule has 2 amide bonds. The van der Waals surface area contributed by atoms with Gasteiger partial charge in [-0.1, -0.05) is 67.6 Å². The van der Waals surface area contributed by atoms with E-state index in [1.165, 1.54) is 21.7 Å². The maximum absolute atomic E-state index is 15.3. The molecule has 1 fully saturated rings. The van der Waals surface area contributed by atoms with E-state index in [1.807, 2.05) is 42.5 Å². The van der Waals surface area contributed by atoms with Crippen molar-refractivity contribution < 1.29 is 18.7 Å². The van der Waals surface area contributed by atoms with Gasteiger partial charge in [-0.25, -0.2) is 9.07 Å². The van der Waals surface area contributed by atoms with Gasteiger partial charge in [0.1, 0.15) is 23.9 Å². The van der Waals surface area contributed by atoms with Crippen LogP contribution in [-0.4, -0.2) is 46.1 Å². The number of nitrogens with one attached hydrogen (secondary N) is 1. The van der Waals surface area contributed by atoms with Crippen molar-refractivity contribution in [3.8, 4) is 0 Å². The molecule has 0 aliphatic carbocycles. The smallest absolute Gasteiger partial charge is 0.249 e. The molecule has 0 bridgehead atoms. The summed E-state index contributed by atoms with van der Waals surface area (Å²) in [6, 6.07) is 19.7. The highest BCUT2D eigenvalue weighted by molar-refractivity contribution is 6.01. The number of nitrogens with zero attached hydrogens (tertiary/aromatic N) is 4. The maximum Gasteiger partial charge on any atom is 0.249 e. The SMILES string of the molecule is CC(C)c1ccc(C(C(=O)NCC2CCCO2)N(C(=O)Cn2nnc3ccccc32)c2ccccc2F)cc1. The van der Waals surface area contributed by atoms with Crippen molar-refractivity contribution in [1.29, 1.82) is 0 Å². The van der Waals surface area contributed by atoms with E-state index in [-0.39, 0.29) is 24.3 Å². The Balaban J connectivity index is 1.55. The largest absolute Gasteiger partial charge is 0.376 e. The Bertz CT molecular complexity index is 1450. The highest BCUT2D eigenvalue weighted by Gasteiger charge is 2.35. The van der Waals surface area contributed by atoms with Crippen LogP contribution < -0.4 is 10.2 Å².